The lowest BCUT2D eigenvalue weighted by molar-refractivity contribution is 0.0941. The average Bonchev–Trinajstić information content (AvgIpc) is 2.32. The van der Waals surface area contributed by atoms with Crippen molar-refractivity contribution in [3.8, 4) is 5.75 Å². The highest BCUT2D eigenvalue weighted by molar-refractivity contribution is 5.95. The molecule has 5 nitrogen and oxygen atoms in total. The third kappa shape index (κ3) is 3.96. The molecule has 1 aromatic rings. The van der Waals surface area contributed by atoms with E-state index in [1.165, 1.54) is 12.1 Å². The number of nitrogens with one attached hydrogen (secondary N) is 1. The van der Waals surface area contributed by atoms with Crippen molar-refractivity contribution in [3.05, 3.63) is 23.8 Å². The molecule has 0 fully saturated rings. The Morgan fingerprint density at radius 2 is 2.24 bits per heavy atom. The summed E-state index contributed by atoms with van der Waals surface area (Å²) in [5.41, 5.74) is 6.02. The Balaban J connectivity index is 2.50. The first-order chi connectivity index (χ1) is 8.04. The predicted molar refractivity (Wildman–Crippen MR) is 65.8 cm³/mol. The highest BCUT2D eigenvalue weighted by Crippen LogP contribution is 2.20. The summed E-state index contributed by atoms with van der Waals surface area (Å²) in [5, 5.41) is 21.3. The Bertz CT molecular complexity index is 393. The number of aliphatic hydroxyl groups excluding tert-OH is 1. The lowest BCUT2D eigenvalue weighted by Gasteiger charge is -2.09. The van der Waals surface area contributed by atoms with Gasteiger partial charge in [-0.3, -0.25) is 4.79 Å². The van der Waals surface area contributed by atoms with Crippen molar-refractivity contribution in [3.63, 3.8) is 0 Å². The summed E-state index contributed by atoms with van der Waals surface area (Å²) in [6, 6.07) is 4.34. The Hall–Kier alpha value is -1.75. The smallest absolute Gasteiger partial charge is 0.251 e. The SMILES string of the molecule is CCC(O)CCNC(=O)c1ccc(N)c(O)c1. The van der Waals surface area contributed by atoms with Crippen molar-refractivity contribution in [2.75, 3.05) is 12.3 Å². The number of hydrogen-bond acceptors (Lipinski definition) is 4. The largest absolute Gasteiger partial charge is 0.506 e. The fraction of sp³-hybridized carbons (Fsp3) is 0.417. The average molecular weight is 238 g/mol. The minimum Gasteiger partial charge on any atom is -0.506 e. The summed E-state index contributed by atoms with van der Waals surface area (Å²) in [6.07, 6.45) is 0.789. The van der Waals surface area contributed by atoms with Gasteiger partial charge in [-0.05, 0) is 31.0 Å². The number of aliphatic hydroxyl groups is 1. The quantitative estimate of drug-likeness (QED) is 0.452. The molecule has 1 amide bonds. The maximum atomic E-state index is 11.6. The normalized spacial score (nSPS) is 12.1. The maximum Gasteiger partial charge on any atom is 0.251 e. The first-order valence-electron chi connectivity index (χ1n) is 5.59. The second kappa shape index (κ2) is 6.10. The zero-order chi connectivity index (χ0) is 12.8. The van der Waals surface area contributed by atoms with E-state index in [-0.39, 0.29) is 17.3 Å². The van der Waals surface area contributed by atoms with Crippen LogP contribution in [0.2, 0.25) is 0 Å². The number of benzene rings is 1. The third-order valence-corrected chi connectivity index (χ3v) is 2.53. The molecule has 0 aromatic heterocycles. The van der Waals surface area contributed by atoms with Crippen molar-refractivity contribution < 1.29 is 15.0 Å². The van der Waals surface area contributed by atoms with Crippen LogP contribution in [0, 0.1) is 0 Å². The summed E-state index contributed by atoms with van der Waals surface area (Å²) < 4.78 is 0. The summed E-state index contributed by atoms with van der Waals surface area (Å²) >= 11 is 0. The highest BCUT2D eigenvalue weighted by Gasteiger charge is 2.08. The van der Waals surface area contributed by atoms with Crippen LogP contribution in [0.15, 0.2) is 18.2 Å². The number of nitrogen functional groups attached to an aromatic ring is 1. The number of amides is 1. The van der Waals surface area contributed by atoms with Gasteiger partial charge in [0, 0.05) is 12.1 Å². The predicted octanol–water partition coefficient (Wildman–Crippen LogP) is 0.865. The van der Waals surface area contributed by atoms with Gasteiger partial charge in [0.15, 0.2) is 0 Å². The molecule has 1 atom stereocenters. The van der Waals surface area contributed by atoms with Gasteiger partial charge in [-0.25, -0.2) is 0 Å². The van der Waals surface area contributed by atoms with Gasteiger partial charge in [-0.1, -0.05) is 6.92 Å². The molecule has 0 bridgehead atoms. The zero-order valence-electron chi connectivity index (χ0n) is 9.81. The molecule has 94 valence electrons. The second-order valence-electron chi connectivity index (χ2n) is 3.88. The first kappa shape index (κ1) is 13.3. The van der Waals surface area contributed by atoms with Crippen LogP contribution in [0.3, 0.4) is 0 Å². The zero-order valence-corrected chi connectivity index (χ0v) is 9.81. The van der Waals surface area contributed by atoms with Crippen molar-refractivity contribution in [2.45, 2.75) is 25.9 Å². The van der Waals surface area contributed by atoms with Crippen LogP contribution in [-0.2, 0) is 0 Å². The minimum absolute atomic E-state index is 0.105. The summed E-state index contributed by atoms with van der Waals surface area (Å²) in [5.74, 6) is -0.394. The number of rotatable bonds is 5. The summed E-state index contributed by atoms with van der Waals surface area (Å²) in [4.78, 5) is 11.6. The van der Waals surface area contributed by atoms with Gasteiger partial charge in [0.05, 0.1) is 11.8 Å². The summed E-state index contributed by atoms with van der Waals surface area (Å²) in [7, 11) is 0. The van der Waals surface area contributed by atoms with Crippen molar-refractivity contribution in [1.29, 1.82) is 0 Å². The van der Waals surface area contributed by atoms with E-state index in [0.717, 1.165) is 0 Å². The number of phenols is 1. The molecular formula is C12H18N2O3. The molecule has 1 unspecified atom stereocenters. The Morgan fingerprint density at radius 3 is 2.82 bits per heavy atom. The van der Waals surface area contributed by atoms with E-state index in [1.807, 2.05) is 6.92 Å². The Morgan fingerprint density at radius 1 is 1.53 bits per heavy atom. The lowest BCUT2D eigenvalue weighted by Crippen LogP contribution is -2.26. The number of anilines is 1. The van der Waals surface area contributed by atoms with Crippen LogP contribution in [0.4, 0.5) is 5.69 Å². The fourth-order valence-corrected chi connectivity index (χ4v) is 1.34. The molecule has 17 heavy (non-hydrogen) atoms. The first-order valence-corrected chi connectivity index (χ1v) is 5.59. The molecule has 0 aliphatic carbocycles. The van der Waals surface area contributed by atoms with Gasteiger partial charge >= 0.3 is 0 Å². The second-order valence-corrected chi connectivity index (χ2v) is 3.88. The molecule has 0 aliphatic rings. The molecule has 0 radical (unpaired) electrons. The van der Waals surface area contributed by atoms with Crippen LogP contribution in [0.25, 0.3) is 0 Å². The van der Waals surface area contributed by atoms with Crippen LogP contribution < -0.4 is 11.1 Å². The molecule has 0 spiro atoms. The Kier molecular flexibility index (Phi) is 4.78. The number of nitrogens with two attached hydrogens (primary N) is 1. The van der Waals surface area contributed by atoms with Crippen molar-refractivity contribution in [1.82, 2.24) is 5.32 Å². The van der Waals surface area contributed by atoms with Gasteiger partial charge in [-0.2, -0.15) is 0 Å². The fourth-order valence-electron chi connectivity index (χ4n) is 1.34. The van der Waals surface area contributed by atoms with E-state index in [9.17, 15) is 15.0 Å². The standard InChI is InChI=1S/C12H18N2O3/c1-2-9(15)5-6-14-12(17)8-3-4-10(13)11(16)7-8/h3-4,7,9,15-16H,2,5-6,13H2,1H3,(H,14,17). The molecule has 1 aromatic carbocycles. The number of carbonyl (C=O) groups is 1. The molecule has 1 rings (SSSR count). The van der Waals surface area contributed by atoms with E-state index in [0.29, 0.717) is 24.9 Å². The van der Waals surface area contributed by atoms with E-state index in [4.69, 9.17) is 5.73 Å². The molecule has 0 saturated heterocycles. The monoisotopic (exact) mass is 238 g/mol. The number of hydrogen-bond donors (Lipinski definition) is 4. The van der Waals surface area contributed by atoms with Crippen LogP contribution in [0.1, 0.15) is 30.1 Å². The van der Waals surface area contributed by atoms with Gasteiger partial charge < -0.3 is 21.3 Å². The molecule has 5 heteroatoms. The topological polar surface area (TPSA) is 95.6 Å². The van der Waals surface area contributed by atoms with Gasteiger partial charge in [-0.15, -0.1) is 0 Å². The van der Waals surface area contributed by atoms with Crippen molar-refractivity contribution >= 4 is 11.6 Å². The van der Waals surface area contributed by atoms with Crippen LogP contribution >= 0.6 is 0 Å². The molecule has 0 saturated carbocycles. The molecule has 0 aliphatic heterocycles. The Labute approximate surface area is 100 Å². The molecule has 5 N–H and O–H groups in total. The number of phenolic OH excluding ortho intramolecular Hbond substituents is 1. The maximum absolute atomic E-state index is 11.6. The minimum atomic E-state index is -0.393. The van der Waals surface area contributed by atoms with Gasteiger partial charge in [0.25, 0.3) is 5.91 Å². The number of aromatic hydroxyl groups is 1. The number of carbonyl (C=O) groups excluding carboxylic acids is 1. The molecular weight excluding hydrogens is 220 g/mol. The summed E-state index contributed by atoms with van der Waals surface area (Å²) in [6.45, 7) is 2.28. The van der Waals surface area contributed by atoms with E-state index < -0.39 is 6.10 Å². The van der Waals surface area contributed by atoms with Crippen LogP contribution in [-0.4, -0.2) is 28.8 Å². The third-order valence-electron chi connectivity index (χ3n) is 2.53. The van der Waals surface area contributed by atoms with Crippen LogP contribution in [0.5, 0.6) is 5.75 Å². The van der Waals surface area contributed by atoms with Gasteiger partial charge in [0.1, 0.15) is 5.75 Å². The van der Waals surface area contributed by atoms with Crippen molar-refractivity contribution in [2.24, 2.45) is 0 Å². The lowest BCUT2D eigenvalue weighted by atomic mass is 10.1. The van der Waals surface area contributed by atoms with Gasteiger partial charge in [0.2, 0.25) is 0 Å². The highest BCUT2D eigenvalue weighted by atomic mass is 16.3. The molecule has 0 heterocycles. The van der Waals surface area contributed by atoms with E-state index in [1.54, 1.807) is 6.07 Å². The van der Waals surface area contributed by atoms with E-state index >= 15 is 0 Å². The van der Waals surface area contributed by atoms with E-state index in [2.05, 4.69) is 5.32 Å².